The van der Waals surface area contributed by atoms with E-state index in [9.17, 15) is 9.18 Å². The van der Waals surface area contributed by atoms with E-state index in [1.807, 2.05) is 0 Å². The Morgan fingerprint density at radius 2 is 2.33 bits per heavy atom. The van der Waals surface area contributed by atoms with Gasteiger partial charge in [-0.15, -0.1) is 0 Å². The molecule has 0 spiro atoms. The van der Waals surface area contributed by atoms with Gasteiger partial charge in [-0.25, -0.2) is 9.18 Å². The number of nitrogens with zero attached hydrogens (tertiary/aromatic N) is 1. The minimum Gasteiger partial charge on any atom is -0.489 e. The Bertz CT molecular complexity index is 491. The number of benzene rings is 1. The van der Waals surface area contributed by atoms with Crippen molar-refractivity contribution < 1.29 is 18.7 Å². The summed E-state index contributed by atoms with van der Waals surface area (Å²) < 4.78 is 23.0. The molecule has 0 N–H and O–H groups in total. The van der Waals surface area contributed by atoms with Crippen LogP contribution in [0.15, 0.2) is 30.4 Å². The van der Waals surface area contributed by atoms with Gasteiger partial charge in [0.15, 0.2) is 0 Å². The van der Waals surface area contributed by atoms with Gasteiger partial charge in [-0.1, -0.05) is 0 Å². The normalized spacial score (nSPS) is 10.1. The molecule has 1 aromatic carbocycles. The highest BCUT2D eigenvalue weighted by molar-refractivity contribution is 5.81. The Morgan fingerprint density at radius 3 is 2.94 bits per heavy atom. The van der Waals surface area contributed by atoms with E-state index in [0.717, 1.165) is 6.07 Å². The van der Waals surface area contributed by atoms with Crippen molar-refractivity contribution in [3.05, 3.63) is 41.7 Å². The fourth-order valence-electron chi connectivity index (χ4n) is 1.16. The zero-order chi connectivity index (χ0) is 13.4. The number of carbonyl (C=O) groups is 1. The van der Waals surface area contributed by atoms with E-state index in [-0.39, 0.29) is 12.2 Å². The zero-order valence-electron chi connectivity index (χ0n) is 9.85. The number of carbonyl (C=O) groups excluding carboxylic acids is 1. The number of halogens is 1. The van der Waals surface area contributed by atoms with Crippen LogP contribution in [0.5, 0.6) is 5.75 Å². The van der Waals surface area contributed by atoms with Gasteiger partial charge in [-0.2, -0.15) is 5.26 Å². The molecule has 0 unspecified atom stereocenters. The molecule has 4 nitrogen and oxygen atoms in total. The van der Waals surface area contributed by atoms with E-state index >= 15 is 0 Å². The van der Waals surface area contributed by atoms with Crippen LogP contribution in [-0.2, 0) is 9.53 Å². The topological polar surface area (TPSA) is 59.3 Å². The van der Waals surface area contributed by atoms with Gasteiger partial charge in [0.2, 0.25) is 0 Å². The van der Waals surface area contributed by atoms with Crippen molar-refractivity contribution in [1.29, 1.82) is 5.26 Å². The second-order valence-corrected chi connectivity index (χ2v) is 3.22. The van der Waals surface area contributed by atoms with E-state index in [4.69, 9.17) is 10.00 Å². The monoisotopic (exact) mass is 249 g/mol. The third-order valence-electron chi connectivity index (χ3n) is 1.95. The highest BCUT2D eigenvalue weighted by Gasteiger charge is 2.02. The molecule has 94 valence electrons. The van der Waals surface area contributed by atoms with Gasteiger partial charge in [0, 0.05) is 12.1 Å². The largest absolute Gasteiger partial charge is 0.489 e. The lowest BCUT2D eigenvalue weighted by Crippen LogP contribution is -2.01. The molecule has 0 heterocycles. The van der Waals surface area contributed by atoms with Crippen LogP contribution in [-0.4, -0.2) is 19.2 Å². The SMILES string of the molecule is CCOC(=O)/C=C/COc1ccc(C#N)c(F)c1. The second-order valence-electron chi connectivity index (χ2n) is 3.22. The maximum atomic E-state index is 13.2. The molecule has 0 saturated carbocycles. The van der Waals surface area contributed by atoms with Crippen molar-refractivity contribution in [1.82, 2.24) is 0 Å². The molecule has 0 amide bonds. The summed E-state index contributed by atoms with van der Waals surface area (Å²) in [5.74, 6) is -0.795. The van der Waals surface area contributed by atoms with Gasteiger partial charge in [-0.05, 0) is 25.1 Å². The molecule has 0 aliphatic heterocycles. The van der Waals surface area contributed by atoms with Gasteiger partial charge in [0.1, 0.15) is 24.2 Å². The maximum Gasteiger partial charge on any atom is 0.330 e. The Hall–Kier alpha value is -2.35. The fourth-order valence-corrected chi connectivity index (χ4v) is 1.16. The molecule has 1 aromatic rings. The quantitative estimate of drug-likeness (QED) is 0.593. The Morgan fingerprint density at radius 1 is 1.56 bits per heavy atom. The van der Waals surface area contributed by atoms with E-state index < -0.39 is 11.8 Å². The van der Waals surface area contributed by atoms with Crippen LogP contribution >= 0.6 is 0 Å². The molecular weight excluding hydrogens is 237 g/mol. The lowest BCUT2D eigenvalue weighted by atomic mass is 10.2. The standard InChI is InChI=1S/C13H12FNO3/c1-2-17-13(16)4-3-7-18-11-6-5-10(9-15)12(14)8-11/h3-6,8H,2,7H2,1H3/b4-3+. The van der Waals surface area contributed by atoms with Gasteiger partial charge in [-0.3, -0.25) is 0 Å². The Balaban J connectivity index is 2.47. The van der Waals surface area contributed by atoms with Crippen molar-refractivity contribution >= 4 is 5.97 Å². The summed E-state index contributed by atoms with van der Waals surface area (Å²) >= 11 is 0. The van der Waals surface area contributed by atoms with E-state index in [0.29, 0.717) is 12.4 Å². The molecule has 18 heavy (non-hydrogen) atoms. The first-order chi connectivity index (χ1) is 8.67. The number of hydrogen-bond donors (Lipinski definition) is 0. The number of nitriles is 1. The molecule has 0 aliphatic carbocycles. The summed E-state index contributed by atoms with van der Waals surface area (Å²) in [7, 11) is 0. The first-order valence-corrected chi connectivity index (χ1v) is 5.33. The summed E-state index contributed by atoms with van der Waals surface area (Å²) in [6.07, 6.45) is 2.71. The van der Waals surface area contributed by atoms with E-state index in [1.165, 1.54) is 24.3 Å². The first-order valence-electron chi connectivity index (χ1n) is 5.33. The average Bonchev–Trinajstić information content (AvgIpc) is 2.35. The van der Waals surface area contributed by atoms with E-state index in [1.54, 1.807) is 13.0 Å². The molecular formula is C13H12FNO3. The van der Waals surface area contributed by atoms with Crippen LogP contribution in [0, 0.1) is 17.1 Å². The van der Waals surface area contributed by atoms with Crippen LogP contribution in [0.2, 0.25) is 0 Å². The predicted molar refractivity (Wildman–Crippen MR) is 62.4 cm³/mol. The van der Waals surface area contributed by atoms with Crippen molar-refractivity contribution in [3.8, 4) is 11.8 Å². The third-order valence-corrected chi connectivity index (χ3v) is 1.95. The lowest BCUT2D eigenvalue weighted by Gasteiger charge is -2.03. The van der Waals surface area contributed by atoms with Crippen LogP contribution < -0.4 is 4.74 Å². The van der Waals surface area contributed by atoms with Crippen molar-refractivity contribution in [2.75, 3.05) is 13.2 Å². The summed E-state index contributed by atoms with van der Waals surface area (Å²) in [6, 6.07) is 5.65. The minimum absolute atomic E-state index is 0.0376. The van der Waals surface area contributed by atoms with Crippen molar-refractivity contribution in [2.24, 2.45) is 0 Å². The Labute approximate surface area is 104 Å². The summed E-state index contributed by atoms with van der Waals surface area (Å²) in [4.78, 5) is 10.9. The lowest BCUT2D eigenvalue weighted by molar-refractivity contribution is -0.137. The van der Waals surface area contributed by atoms with Gasteiger partial charge in [0.05, 0.1) is 12.2 Å². The number of esters is 1. The molecule has 0 atom stereocenters. The second kappa shape index (κ2) is 7.07. The van der Waals surface area contributed by atoms with Crippen LogP contribution in [0.4, 0.5) is 4.39 Å². The highest BCUT2D eigenvalue weighted by atomic mass is 19.1. The summed E-state index contributed by atoms with van der Waals surface area (Å²) in [5, 5.41) is 8.54. The molecule has 0 bridgehead atoms. The molecule has 5 heteroatoms. The number of hydrogen-bond acceptors (Lipinski definition) is 4. The minimum atomic E-state index is -0.635. The molecule has 0 radical (unpaired) electrons. The zero-order valence-corrected chi connectivity index (χ0v) is 9.85. The number of ether oxygens (including phenoxy) is 2. The van der Waals surface area contributed by atoms with Crippen LogP contribution in [0.3, 0.4) is 0 Å². The van der Waals surface area contributed by atoms with Gasteiger partial charge < -0.3 is 9.47 Å². The molecule has 0 fully saturated rings. The fraction of sp³-hybridized carbons (Fsp3) is 0.231. The Kier molecular flexibility index (Phi) is 5.39. The molecule has 0 aromatic heterocycles. The summed E-state index contributed by atoms with van der Waals surface area (Å²) in [5.41, 5.74) is -0.0376. The van der Waals surface area contributed by atoms with Gasteiger partial charge >= 0.3 is 5.97 Å². The molecule has 0 saturated heterocycles. The van der Waals surface area contributed by atoms with Crippen molar-refractivity contribution in [2.45, 2.75) is 6.92 Å². The maximum absolute atomic E-state index is 13.2. The molecule has 1 rings (SSSR count). The average molecular weight is 249 g/mol. The highest BCUT2D eigenvalue weighted by Crippen LogP contribution is 2.15. The summed E-state index contributed by atoms with van der Waals surface area (Å²) in [6.45, 7) is 2.14. The van der Waals surface area contributed by atoms with E-state index in [2.05, 4.69) is 4.74 Å². The molecule has 0 aliphatic rings. The van der Waals surface area contributed by atoms with Crippen LogP contribution in [0.1, 0.15) is 12.5 Å². The van der Waals surface area contributed by atoms with Gasteiger partial charge in [0.25, 0.3) is 0 Å². The van der Waals surface area contributed by atoms with Crippen LogP contribution in [0.25, 0.3) is 0 Å². The number of rotatable bonds is 5. The third kappa shape index (κ3) is 4.26. The van der Waals surface area contributed by atoms with Crippen molar-refractivity contribution in [3.63, 3.8) is 0 Å². The smallest absolute Gasteiger partial charge is 0.330 e. The first kappa shape index (κ1) is 13.7. The predicted octanol–water partition coefficient (Wildman–Crippen LogP) is 2.20.